The summed E-state index contributed by atoms with van der Waals surface area (Å²) in [7, 11) is 0.603. The average Bonchev–Trinajstić information content (AvgIpc) is 3.86. The maximum absolute atomic E-state index is 2.79. The SMILES string of the molecule is Cc1cc2c3c(c1)N(c1cccc4c1[Si]c1ccccc1-4)c1c(sc4cc5c(cc14)C(C)(C)CCC5(C)C)B3c1cc3c(cc1N2c1ccc2c(c1)C(C)(C)CCC2(C)C)C(C)(C)CCC3(C)C. The molecule has 13 rings (SSSR count). The quantitative estimate of drug-likeness (QED) is 0.159. The number of nitrogens with zero attached hydrogens (tertiary/aromatic N) is 2. The van der Waals surface area contributed by atoms with Crippen molar-refractivity contribution >= 4 is 97.9 Å². The summed E-state index contributed by atoms with van der Waals surface area (Å²) >= 11 is 2.09. The normalized spacial score (nSPS) is 20.9. The van der Waals surface area contributed by atoms with E-state index in [0.717, 1.165) is 0 Å². The number of aryl methyl sites for hydroxylation is 1. The van der Waals surface area contributed by atoms with Gasteiger partial charge in [-0.1, -0.05) is 137 Å². The molecule has 3 aliphatic carbocycles. The summed E-state index contributed by atoms with van der Waals surface area (Å²) in [5, 5.41) is 4.35. The Kier molecular flexibility index (Phi) is 8.72. The lowest BCUT2D eigenvalue weighted by Crippen LogP contribution is -2.61. The maximum Gasteiger partial charge on any atom is 0.264 e. The summed E-state index contributed by atoms with van der Waals surface area (Å²) in [6.07, 6.45) is 7.20. The van der Waals surface area contributed by atoms with Crippen molar-refractivity contribution in [2.75, 3.05) is 9.80 Å². The van der Waals surface area contributed by atoms with Crippen molar-refractivity contribution in [3.63, 3.8) is 0 Å². The topological polar surface area (TPSA) is 6.48 Å². The molecule has 0 bridgehead atoms. The zero-order chi connectivity index (χ0) is 47.4. The molecule has 342 valence electrons. The minimum Gasteiger partial charge on any atom is -0.311 e. The molecule has 68 heavy (non-hydrogen) atoms. The van der Waals surface area contributed by atoms with Gasteiger partial charge in [-0.05, 0) is 193 Å². The van der Waals surface area contributed by atoms with Crippen molar-refractivity contribution in [2.24, 2.45) is 0 Å². The Morgan fingerprint density at radius 1 is 0.485 bits per heavy atom. The number of anilines is 6. The highest BCUT2D eigenvalue weighted by molar-refractivity contribution is 7.33. The molecular formula is C63H67BN2SSi. The molecule has 5 heteroatoms. The summed E-state index contributed by atoms with van der Waals surface area (Å²) in [6.45, 7) is 32.3. The molecule has 2 nitrogen and oxygen atoms in total. The van der Waals surface area contributed by atoms with E-state index in [2.05, 4.69) is 208 Å². The lowest BCUT2D eigenvalue weighted by molar-refractivity contribution is 0.332. The molecule has 1 aromatic heterocycles. The monoisotopic (exact) mass is 922 g/mol. The van der Waals surface area contributed by atoms with E-state index in [1.54, 1.807) is 11.1 Å². The third kappa shape index (κ3) is 5.87. The molecule has 0 spiro atoms. The van der Waals surface area contributed by atoms with E-state index in [9.17, 15) is 0 Å². The second kappa shape index (κ2) is 13.7. The van der Waals surface area contributed by atoms with Gasteiger partial charge in [0.05, 0.1) is 5.69 Å². The van der Waals surface area contributed by atoms with Crippen LogP contribution in [0.1, 0.15) is 161 Å². The standard InChI is InChI=1S/C63H67BN2SSi/c1-36-29-50-54-51(30-36)66(48-19-16-18-39-38-17-14-15-20-53(38)68-56(39)48)55-40-32-43-46(63(12,13)28-25-60(43,6)7)35-52(40)67-57(55)64(54)47-33-44-45(62(10,11)27-26-61(44,8)9)34-49(47)65(50)37-21-22-41-42(31-37)59(4,5)24-23-58(41,2)3/h14-22,29-35H,23-28H2,1-13H3. The zero-order valence-electron chi connectivity index (χ0n) is 42.9. The van der Waals surface area contributed by atoms with Crippen molar-refractivity contribution in [1.82, 2.24) is 0 Å². The number of hydrogen-bond donors (Lipinski definition) is 0. The fraction of sp³-hybridized carbons (Fsp3) is 0.397. The second-order valence-corrected chi connectivity index (χ2v) is 28.3. The van der Waals surface area contributed by atoms with E-state index in [1.165, 1.54) is 148 Å². The molecule has 0 fully saturated rings. The number of thiophene rings is 1. The molecule has 6 aromatic carbocycles. The highest BCUT2D eigenvalue weighted by atomic mass is 32.1. The Morgan fingerprint density at radius 3 is 1.69 bits per heavy atom. The summed E-state index contributed by atoms with van der Waals surface area (Å²) in [5.74, 6) is 0. The minimum absolute atomic E-state index is 0.0717. The minimum atomic E-state index is 0.0717. The first-order valence-corrected chi connectivity index (χ1v) is 27.6. The van der Waals surface area contributed by atoms with Gasteiger partial charge < -0.3 is 9.80 Å². The van der Waals surface area contributed by atoms with E-state index < -0.39 is 0 Å². The van der Waals surface area contributed by atoms with Gasteiger partial charge in [0.15, 0.2) is 0 Å². The molecule has 2 radical (unpaired) electrons. The van der Waals surface area contributed by atoms with Gasteiger partial charge in [0.2, 0.25) is 0 Å². The van der Waals surface area contributed by atoms with Crippen LogP contribution in [0.15, 0.2) is 97.1 Å². The van der Waals surface area contributed by atoms with Gasteiger partial charge in [-0.15, -0.1) is 11.3 Å². The van der Waals surface area contributed by atoms with E-state index in [0.29, 0.717) is 9.52 Å². The summed E-state index contributed by atoms with van der Waals surface area (Å²) in [4.78, 5) is 5.52. The molecule has 0 amide bonds. The van der Waals surface area contributed by atoms with Crippen LogP contribution in [0.5, 0.6) is 0 Å². The second-order valence-electron chi connectivity index (χ2n) is 25.9. The first-order chi connectivity index (χ1) is 32.1. The molecule has 7 aromatic rings. The third-order valence-corrected chi connectivity index (χ3v) is 21.3. The van der Waals surface area contributed by atoms with Gasteiger partial charge in [0.25, 0.3) is 6.71 Å². The number of fused-ring (bicyclic) bond motifs is 12. The van der Waals surface area contributed by atoms with E-state index in [4.69, 9.17) is 0 Å². The lowest BCUT2D eigenvalue weighted by atomic mass is 9.35. The molecule has 0 unspecified atom stereocenters. The first-order valence-electron chi connectivity index (χ1n) is 25.8. The Hall–Kier alpha value is -4.84. The number of benzene rings is 6. The summed E-state index contributed by atoms with van der Waals surface area (Å²) < 4.78 is 2.92. The largest absolute Gasteiger partial charge is 0.311 e. The molecule has 0 saturated heterocycles. The summed E-state index contributed by atoms with van der Waals surface area (Å²) in [5.41, 5.74) is 24.9. The Bertz CT molecular complexity index is 3380. The van der Waals surface area contributed by atoms with Crippen LogP contribution in [0.4, 0.5) is 34.1 Å². The van der Waals surface area contributed by atoms with Crippen molar-refractivity contribution in [3.8, 4) is 11.1 Å². The molecule has 0 saturated carbocycles. The molecule has 6 aliphatic rings. The third-order valence-electron chi connectivity index (χ3n) is 18.6. The lowest BCUT2D eigenvalue weighted by Gasteiger charge is -2.47. The highest BCUT2D eigenvalue weighted by Gasteiger charge is 2.49. The van der Waals surface area contributed by atoms with Crippen LogP contribution in [0.2, 0.25) is 0 Å². The van der Waals surface area contributed by atoms with Gasteiger partial charge in [-0.3, -0.25) is 0 Å². The van der Waals surface area contributed by atoms with Crippen molar-refractivity contribution in [2.45, 2.75) is 161 Å². The molecule has 4 heterocycles. The Labute approximate surface area is 413 Å². The Balaban J connectivity index is 1.16. The van der Waals surface area contributed by atoms with Crippen LogP contribution in [0, 0.1) is 6.92 Å². The van der Waals surface area contributed by atoms with Crippen LogP contribution in [-0.4, -0.2) is 16.2 Å². The predicted octanol–water partition coefficient (Wildman–Crippen LogP) is 14.0. The van der Waals surface area contributed by atoms with E-state index in [-0.39, 0.29) is 39.2 Å². The molecular weight excluding hydrogens is 856 g/mol. The van der Waals surface area contributed by atoms with Gasteiger partial charge in [0.1, 0.15) is 9.52 Å². The van der Waals surface area contributed by atoms with Crippen LogP contribution < -0.4 is 35.9 Å². The van der Waals surface area contributed by atoms with Gasteiger partial charge >= 0.3 is 0 Å². The van der Waals surface area contributed by atoms with Crippen LogP contribution in [0.3, 0.4) is 0 Å². The van der Waals surface area contributed by atoms with E-state index in [1.807, 2.05) is 0 Å². The fourth-order valence-corrected chi connectivity index (χ4v) is 16.8. The smallest absolute Gasteiger partial charge is 0.264 e. The molecule has 0 N–H and O–H groups in total. The zero-order valence-corrected chi connectivity index (χ0v) is 44.7. The maximum atomic E-state index is 2.79. The fourth-order valence-electron chi connectivity index (χ4n) is 14.0. The summed E-state index contributed by atoms with van der Waals surface area (Å²) in [6, 6.07) is 39.8. The van der Waals surface area contributed by atoms with Crippen molar-refractivity contribution < 1.29 is 0 Å². The van der Waals surface area contributed by atoms with Gasteiger partial charge in [-0.25, -0.2) is 0 Å². The Morgan fingerprint density at radius 2 is 1.03 bits per heavy atom. The van der Waals surface area contributed by atoms with Gasteiger partial charge in [0, 0.05) is 43.3 Å². The van der Waals surface area contributed by atoms with Crippen molar-refractivity contribution in [3.05, 3.63) is 136 Å². The first kappa shape index (κ1) is 43.2. The molecule has 0 atom stereocenters. The van der Waals surface area contributed by atoms with Crippen LogP contribution in [-0.2, 0) is 32.5 Å². The van der Waals surface area contributed by atoms with Gasteiger partial charge in [-0.2, -0.15) is 0 Å². The van der Waals surface area contributed by atoms with Crippen LogP contribution >= 0.6 is 11.3 Å². The molecule has 3 aliphatic heterocycles. The number of rotatable bonds is 2. The highest BCUT2D eigenvalue weighted by Crippen LogP contribution is 2.55. The predicted molar refractivity (Wildman–Crippen MR) is 297 cm³/mol. The van der Waals surface area contributed by atoms with Crippen LogP contribution in [0.25, 0.3) is 21.2 Å². The average molecular weight is 923 g/mol. The number of hydrogen-bond acceptors (Lipinski definition) is 3. The van der Waals surface area contributed by atoms with E-state index >= 15 is 0 Å². The van der Waals surface area contributed by atoms with Crippen molar-refractivity contribution in [1.29, 1.82) is 0 Å².